The number of nitrogens with zero attached hydrogens (tertiary/aromatic N) is 2. The van der Waals surface area contributed by atoms with Crippen LogP contribution in [0.4, 0.5) is 17.3 Å². The molecule has 4 heteroatoms. The second-order valence-corrected chi connectivity index (χ2v) is 6.03. The Morgan fingerprint density at radius 1 is 0.875 bits per heavy atom. The fourth-order valence-electron chi connectivity index (χ4n) is 2.41. The standard InChI is InChI=1S/C20H22N4/c1-15(2)17-8-10-18(11-9-17)24-20-12-19(22-14-23-20)21-13-16-6-4-3-5-7-16/h3-12,14-15H,13H2,1-2H3,(H2,21,22,23,24). The van der Waals surface area contributed by atoms with E-state index >= 15 is 0 Å². The molecule has 0 fully saturated rings. The lowest BCUT2D eigenvalue weighted by Gasteiger charge is -2.10. The Morgan fingerprint density at radius 2 is 1.58 bits per heavy atom. The van der Waals surface area contributed by atoms with Crippen molar-refractivity contribution in [2.45, 2.75) is 26.3 Å². The molecule has 0 aliphatic rings. The van der Waals surface area contributed by atoms with Gasteiger partial charge in [0.05, 0.1) is 0 Å². The molecule has 0 unspecified atom stereocenters. The van der Waals surface area contributed by atoms with Gasteiger partial charge in [0, 0.05) is 18.3 Å². The molecule has 4 nitrogen and oxygen atoms in total. The van der Waals surface area contributed by atoms with E-state index in [2.05, 4.69) is 70.8 Å². The van der Waals surface area contributed by atoms with E-state index in [-0.39, 0.29) is 0 Å². The summed E-state index contributed by atoms with van der Waals surface area (Å²) in [4.78, 5) is 8.56. The molecule has 2 N–H and O–H groups in total. The van der Waals surface area contributed by atoms with Crippen LogP contribution in [-0.2, 0) is 6.54 Å². The van der Waals surface area contributed by atoms with Crippen molar-refractivity contribution in [1.29, 1.82) is 0 Å². The van der Waals surface area contributed by atoms with Gasteiger partial charge in [-0.15, -0.1) is 0 Å². The predicted molar refractivity (Wildman–Crippen MR) is 99.6 cm³/mol. The molecule has 2 aromatic carbocycles. The SMILES string of the molecule is CC(C)c1ccc(Nc2cc(NCc3ccccc3)ncn2)cc1. The van der Waals surface area contributed by atoms with Crippen molar-refractivity contribution < 1.29 is 0 Å². The van der Waals surface area contributed by atoms with E-state index in [0.29, 0.717) is 5.92 Å². The first-order chi connectivity index (χ1) is 11.7. The third-order valence-corrected chi connectivity index (χ3v) is 3.83. The van der Waals surface area contributed by atoms with Crippen molar-refractivity contribution in [2.75, 3.05) is 10.6 Å². The molecule has 0 amide bonds. The Balaban J connectivity index is 1.64. The highest BCUT2D eigenvalue weighted by Crippen LogP contribution is 2.20. The summed E-state index contributed by atoms with van der Waals surface area (Å²) in [6, 6.07) is 20.6. The fraction of sp³-hybridized carbons (Fsp3) is 0.200. The zero-order valence-electron chi connectivity index (χ0n) is 14.0. The van der Waals surface area contributed by atoms with Gasteiger partial charge < -0.3 is 10.6 Å². The van der Waals surface area contributed by atoms with Crippen LogP contribution in [0, 0.1) is 0 Å². The van der Waals surface area contributed by atoms with Crippen molar-refractivity contribution >= 4 is 17.3 Å². The first-order valence-corrected chi connectivity index (χ1v) is 8.17. The summed E-state index contributed by atoms with van der Waals surface area (Å²) in [6.07, 6.45) is 1.57. The molecule has 3 aromatic rings. The van der Waals surface area contributed by atoms with Crippen LogP contribution < -0.4 is 10.6 Å². The van der Waals surface area contributed by atoms with Gasteiger partial charge >= 0.3 is 0 Å². The lowest BCUT2D eigenvalue weighted by molar-refractivity contribution is 0.867. The van der Waals surface area contributed by atoms with Crippen LogP contribution in [0.3, 0.4) is 0 Å². The van der Waals surface area contributed by atoms with Crippen LogP contribution in [0.15, 0.2) is 67.0 Å². The molecule has 0 aliphatic carbocycles. The highest BCUT2D eigenvalue weighted by Gasteiger charge is 2.02. The molecule has 122 valence electrons. The number of hydrogen-bond acceptors (Lipinski definition) is 4. The molecule has 0 bridgehead atoms. The summed E-state index contributed by atoms with van der Waals surface area (Å²) >= 11 is 0. The van der Waals surface area contributed by atoms with Crippen LogP contribution in [0.25, 0.3) is 0 Å². The predicted octanol–water partition coefficient (Wildman–Crippen LogP) is 4.96. The topological polar surface area (TPSA) is 49.8 Å². The monoisotopic (exact) mass is 318 g/mol. The normalized spacial score (nSPS) is 10.6. The molecule has 0 spiro atoms. The van der Waals surface area contributed by atoms with Gasteiger partial charge in [-0.3, -0.25) is 0 Å². The summed E-state index contributed by atoms with van der Waals surface area (Å²) in [5.41, 5.74) is 3.57. The lowest BCUT2D eigenvalue weighted by Crippen LogP contribution is -2.03. The summed E-state index contributed by atoms with van der Waals surface area (Å²) < 4.78 is 0. The summed E-state index contributed by atoms with van der Waals surface area (Å²) in [5, 5.41) is 6.64. The van der Waals surface area contributed by atoms with E-state index in [9.17, 15) is 0 Å². The van der Waals surface area contributed by atoms with Crippen molar-refractivity contribution in [3.8, 4) is 0 Å². The van der Waals surface area contributed by atoms with Gasteiger partial charge in [0.1, 0.15) is 18.0 Å². The van der Waals surface area contributed by atoms with Crippen molar-refractivity contribution in [3.05, 3.63) is 78.1 Å². The number of anilines is 3. The van der Waals surface area contributed by atoms with Gasteiger partial charge in [-0.05, 0) is 29.2 Å². The van der Waals surface area contributed by atoms with E-state index in [1.807, 2.05) is 24.3 Å². The van der Waals surface area contributed by atoms with Gasteiger partial charge in [-0.25, -0.2) is 9.97 Å². The van der Waals surface area contributed by atoms with Crippen molar-refractivity contribution in [3.63, 3.8) is 0 Å². The quantitative estimate of drug-likeness (QED) is 0.675. The summed E-state index contributed by atoms with van der Waals surface area (Å²) in [5.74, 6) is 2.11. The second kappa shape index (κ2) is 7.59. The Hall–Kier alpha value is -2.88. The van der Waals surface area contributed by atoms with E-state index in [4.69, 9.17) is 0 Å². The Kier molecular flexibility index (Phi) is 5.06. The van der Waals surface area contributed by atoms with Gasteiger partial charge in [0.25, 0.3) is 0 Å². The van der Waals surface area contributed by atoms with Gasteiger partial charge in [0.2, 0.25) is 0 Å². The average molecular weight is 318 g/mol. The maximum atomic E-state index is 4.28. The molecule has 1 aromatic heterocycles. The average Bonchev–Trinajstić information content (AvgIpc) is 2.62. The van der Waals surface area contributed by atoms with Crippen LogP contribution in [0.2, 0.25) is 0 Å². The number of nitrogens with one attached hydrogen (secondary N) is 2. The zero-order valence-corrected chi connectivity index (χ0v) is 14.0. The molecular formula is C20H22N4. The third-order valence-electron chi connectivity index (χ3n) is 3.83. The highest BCUT2D eigenvalue weighted by atomic mass is 15.1. The molecule has 1 heterocycles. The second-order valence-electron chi connectivity index (χ2n) is 6.03. The molecule has 24 heavy (non-hydrogen) atoms. The van der Waals surface area contributed by atoms with E-state index in [1.54, 1.807) is 6.33 Å². The van der Waals surface area contributed by atoms with Gasteiger partial charge in [-0.1, -0.05) is 56.3 Å². The maximum Gasteiger partial charge on any atom is 0.135 e. The van der Waals surface area contributed by atoms with Crippen LogP contribution in [0.1, 0.15) is 30.9 Å². The lowest BCUT2D eigenvalue weighted by atomic mass is 10.0. The molecule has 0 atom stereocenters. The highest BCUT2D eigenvalue weighted by molar-refractivity contribution is 5.59. The molecule has 0 saturated heterocycles. The first-order valence-electron chi connectivity index (χ1n) is 8.17. The smallest absolute Gasteiger partial charge is 0.135 e. The summed E-state index contributed by atoms with van der Waals surface area (Å²) in [6.45, 7) is 5.12. The minimum absolute atomic E-state index is 0.534. The molecular weight excluding hydrogens is 296 g/mol. The molecule has 0 aliphatic heterocycles. The first kappa shape index (κ1) is 16.0. The largest absolute Gasteiger partial charge is 0.366 e. The summed E-state index contributed by atoms with van der Waals surface area (Å²) in [7, 11) is 0. The van der Waals surface area contributed by atoms with Gasteiger partial charge in [-0.2, -0.15) is 0 Å². The van der Waals surface area contributed by atoms with Crippen LogP contribution in [-0.4, -0.2) is 9.97 Å². The molecule has 0 radical (unpaired) electrons. The third kappa shape index (κ3) is 4.32. The Bertz CT molecular complexity index is 767. The van der Waals surface area contributed by atoms with Gasteiger partial charge in [0.15, 0.2) is 0 Å². The van der Waals surface area contributed by atoms with E-state index in [1.165, 1.54) is 11.1 Å². The van der Waals surface area contributed by atoms with Crippen LogP contribution in [0.5, 0.6) is 0 Å². The Labute approximate surface area is 143 Å². The Morgan fingerprint density at radius 3 is 2.29 bits per heavy atom. The molecule has 0 saturated carbocycles. The zero-order chi connectivity index (χ0) is 16.8. The number of rotatable bonds is 6. The number of benzene rings is 2. The van der Waals surface area contributed by atoms with E-state index in [0.717, 1.165) is 23.9 Å². The van der Waals surface area contributed by atoms with Crippen LogP contribution >= 0.6 is 0 Å². The van der Waals surface area contributed by atoms with E-state index < -0.39 is 0 Å². The minimum Gasteiger partial charge on any atom is -0.366 e. The van der Waals surface area contributed by atoms with Crippen molar-refractivity contribution in [1.82, 2.24) is 9.97 Å². The minimum atomic E-state index is 0.534. The fourth-order valence-corrected chi connectivity index (χ4v) is 2.41. The van der Waals surface area contributed by atoms with Crippen molar-refractivity contribution in [2.24, 2.45) is 0 Å². The number of hydrogen-bond donors (Lipinski definition) is 2. The molecule has 3 rings (SSSR count). The maximum absolute atomic E-state index is 4.28. The number of aromatic nitrogens is 2.